The Kier molecular flexibility index (Phi) is 5.79. The van der Waals surface area contributed by atoms with Gasteiger partial charge in [0.15, 0.2) is 6.10 Å². The van der Waals surface area contributed by atoms with Crippen molar-refractivity contribution >= 4 is 16.9 Å². The van der Waals surface area contributed by atoms with E-state index in [1.54, 1.807) is 6.20 Å². The lowest BCUT2D eigenvalue weighted by Gasteiger charge is -2.17. The lowest BCUT2D eigenvalue weighted by molar-refractivity contribution is -0.128. The fraction of sp³-hybridized carbons (Fsp3) is 0.286. The number of fused-ring (bicyclic) bond motifs is 1. The maximum Gasteiger partial charge on any atom is 0.261 e. The fourth-order valence-electron chi connectivity index (χ4n) is 2.65. The minimum atomic E-state index is -0.479. The molecule has 0 aliphatic heterocycles. The molecule has 0 aliphatic carbocycles. The van der Waals surface area contributed by atoms with Gasteiger partial charge in [-0.15, -0.1) is 0 Å². The molecule has 0 saturated carbocycles. The van der Waals surface area contributed by atoms with E-state index in [1.165, 1.54) is 0 Å². The van der Waals surface area contributed by atoms with E-state index in [0.717, 1.165) is 28.7 Å². The first-order valence-corrected chi connectivity index (χ1v) is 8.98. The highest BCUT2D eigenvalue weighted by Gasteiger charge is 2.17. The molecule has 1 atom stereocenters. The van der Waals surface area contributed by atoms with E-state index >= 15 is 0 Å². The van der Waals surface area contributed by atoms with Crippen molar-refractivity contribution in [1.82, 2.24) is 15.3 Å². The first kappa shape index (κ1) is 17.9. The number of carbonyl (C=O) groups is 1. The molecule has 1 amide bonds. The highest BCUT2D eigenvalue weighted by molar-refractivity contribution is 5.81. The summed E-state index contributed by atoms with van der Waals surface area (Å²) >= 11 is 0. The number of ether oxygens (including phenoxy) is 1. The number of amides is 1. The van der Waals surface area contributed by atoms with Gasteiger partial charge >= 0.3 is 0 Å². The predicted molar refractivity (Wildman–Crippen MR) is 103 cm³/mol. The summed E-state index contributed by atoms with van der Waals surface area (Å²) < 4.78 is 5.84. The second-order valence-electron chi connectivity index (χ2n) is 6.07. The summed E-state index contributed by atoms with van der Waals surface area (Å²) in [7, 11) is 0. The summed E-state index contributed by atoms with van der Waals surface area (Å²) in [6.45, 7) is 4.63. The van der Waals surface area contributed by atoms with E-state index in [2.05, 4.69) is 15.3 Å². The molecular formula is C21H23N3O2. The summed E-state index contributed by atoms with van der Waals surface area (Å²) in [6, 6.07) is 15.4. The molecule has 1 N–H and O–H groups in total. The van der Waals surface area contributed by atoms with Crippen LogP contribution in [0.15, 0.2) is 54.7 Å². The average molecular weight is 349 g/mol. The molecule has 0 spiro atoms. The third-order valence-corrected chi connectivity index (χ3v) is 4.09. The van der Waals surface area contributed by atoms with Crippen LogP contribution in [0.2, 0.25) is 0 Å². The van der Waals surface area contributed by atoms with Gasteiger partial charge in [-0.25, -0.2) is 4.98 Å². The maximum absolute atomic E-state index is 12.1. The second kappa shape index (κ2) is 8.43. The van der Waals surface area contributed by atoms with E-state index in [4.69, 9.17) is 4.74 Å². The Labute approximate surface area is 153 Å². The summed E-state index contributed by atoms with van der Waals surface area (Å²) in [5.41, 5.74) is 3.51. The minimum Gasteiger partial charge on any atom is -0.481 e. The van der Waals surface area contributed by atoms with Crippen LogP contribution in [-0.4, -0.2) is 28.5 Å². The molecule has 5 nitrogen and oxygen atoms in total. The predicted octanol–water partition coefficient (Wildman–Crippen LogP) is 3.98. The van der Waals surface area contributed by atoms with Crippen LogP contribution in [-0.2, 0) is 4.79 Å². The molecule has 5 heteroatoms. The maximum atomic E-state index is 12.1. The van der Waals surface area contributed by atoms with Crippen molar-refractivity contribution in [3.8, 4) is 17.0 Å². The Bertz CT molecular complexity index is 878. The smallest absolute Gasteiger partial charge is 0.261 e. The molecule has 0 fully saturated rings. The molecule has 134 valence electrons. The molecule has 0 bridgehead atoms. The van der Waals surface area contributed by atoms with Gasteiger partial charge in [0.05, 0.1) is 22.9 Å². The number of aromatic nitrogens is 2. The van der Waals surface area contributed by atoms with Crippen molar-refractivity contribution < 1.29 is 9.53 Å². The molecule has 2 aromatic carbocycles. The summed E-state index contributed by atoms with van der Waals surface area (Å²) in [4.78, 5) is 21.2. The molecule has 0 aliphatic rings. The summed E-state index contributed by atoms with van der Waals surface area (Å²) in [6.07, 6.45) is 2.82. The number of carbonyl (C=O) groups excluding carboxylic acids is 1. The number of nitrogens with zero attached hydrogens (tertiary/aromatic N) is 2. The zero-order chi connectivity index (χ0) is 18.4. The lowest BCUT2D eigenvalue weighted by atomic mass is 10.1. The molecule has 1 heterocycles. The van der Waals surface area contributed by atoms with E-state index in [1.807, 2.05) is 62.4 Å². The van der Waals surface area contributed by atoms with Gasteiger partial charge in [0.25, 0.3) is 5.91 Å². The van der Waals surface area contributed by atoms with E-state index in [0.29, 0.717) is 18.7 Å². The Morgan fingerprint density at radius 1 is 1.08 bits per heavy atom. The van der Waals surface area contributed by atoms with Crippen molar-refractivity contribution in [1.29, 1.82) is 0 Å². The number of hydrogen-bond donors (Lipinski definition) is 1. The van der Waals surface area contributed by atoms with Crippen molar-refractivity contribution in [2.75, 3.05) is 6.54 Å². The Hall–Kier alpha value is -2.95. The Morgan fingerprint density at radius 2 is 1.81 bits per heavy atom. The molecule has 0 radical (unpaired) electrons. The minimum absolute atomic E-state index is 0.0705. The number of nitrogens with one attached hydrogen (secondary N) is 1. The number of para-hydroxylation sites is 2. The van der Waals surface area contributed by atoms with Crippen LogP contribution in [0.5, 0.6) is 5.75 Å². The Balaban J connectivity index is 1.73. The molecule has 0 saturated heterocycles. The third-order valence-electron chi connectivity index (χ3n) is 4.09. The van der Waals surface area contributed by atoms with Gasteiger partial charge in [0.2, 0.25) is 0 Å². The van der Waals surface area contributed by atoms with Crippen LogP contribution in [0.3, 0.4) is 0 Å². The zero-order valence-corrected chi connectivity index (χ0v) is 15.1. The van der Waals surface area contributed by atoms with Gasteiger partial charge in [0, 0.05) is 12.1 Å². The van der Waals surface area contributed by atoms with Crippen LogP contribution in [0, 0.1) is 0 Å². The second-order valence-corrected chi connectivity index (χ2v) is 6.07. The van der Waals surface area contributed by atoms with Crippen molar-refractivity contribution in [3.63, 3.8) is 0 Å². The van der Waals surface area contributed by atoms with Crippen molar-refractivity contribution in [2.24, 2.45) is 0 Å². The summed E-state index contributed by atoms with van der Waals surface area (Å²) in [5.74, 6) is 0.597. The standard InChI is InChI=1S/C21H23N3O2/c1-3-13-22-21(25)20(4-2)26-16-11-9-15(10-12-16)19-14-23-17-7-5-6-8-18(17)24-19/h5-12,14,20H,3-4,13H2,1-2H3,(H,22,25)/t20-/m0/s1. The van der Waals surface area contributed by atoms with Gasteiger partial charge in [-0.2, -0.15) is 0 Å². The fourth-order valence-corrected chi connectivity index (χ4v) is 2.65. The highest BCUT2D eigenvalue weighted by Crippen LogP contribution is 2.23. The monoisotopic (exact) mass is 349 g/mol. The highest BCUT2D eigenvalue weighted by atomic mass is 16.5. The van der Waals surface area contributed by atoms with Crippen LogP contribution >= 0.6 is 0 Å². The molecule has 0 unspecified atom stereocenters. The van der Waals surface area contributed by atoms with Crippen LogP contribution in [0.4, 0.5) is 0 Å². The van der Waals surface area contributed by atoms with Gasteiger partial charge < -0.3 is 10.1 Å². The van der Waals surface area contributed by atoms with Crippen LogP contribution < -0.4 is 10.1 Å². The summed E-state index contributed by atoms with van der Waals surface area (Å²) in [5, 5.41) is 2.88. The SMILES string of the molecule is CCCNC(=O)[C@H](CC)Oc1ccc(-c2cnc3ccccc3n2)cc1. The van der Waals surface area contributed by atoms with E-state index in [9.17, 15) is 4.79 Å². The zero-order valence-electron chi connectivity index (χ0n) is 15.1. The first-order valence-electron chi connectivity index (χ1n) is 8.98. The van der Waals surface area contributed by atoms with Crippen LogP contribution in [0.1, 0.15) is 26.7 Å². The molecule has 26 heavy (non-hydrogen) atoms. The van der Waals surface area contributed by atoms with Crippen molar-refractivity contribution in [2.45, 2.75) is 32.8 Å². The number of rotatable bonds is 7. The normalized spacial score (nSPS) is 11.9. The van der Waals surface area contributed by atoms with E-state index in [-0.39, 0.29) is 5.91 Å². The topological polar surface area (TPSA) is 64.1 Å². The largest absolute Gasteiger partial charge is 0.481 e. The first-order chi connectivity index (χ1) is 12.7. The molecule has 3 rings (SSSR count). The lowest BCUT2D eigenvalue weighted by Crippen LogP contribution is -2.38. The average Bonchev–Trinajstić information content (AvgIpc) is 2.70. The van der Waals surface area contributed by atoms with Crippen molar-refractivity contribution in [3.05, 3.63) is 54.7 Å². The van der Waals surface area contributed by atoms with E-state index < -0.39 is 6.10 Å². The number of hydrogen-bond acceptors (Lipinski definition) is 4. The van der Waals surface area contributed by atoms with Gasteiger partial charge in [-0.3, -0.25) is 9.78 Å². The molecule has 3 aromatic rings. The third kappa shape index (κ3) is 4.17. The molecular weight excluding hydrogens is 326 g/mol. The van der Waals surface area contributed by atoms with Gasteiger partial charge in [0.1, 0.15) is 5.75 Å². The number of benzene rings is 2. The van der Waals surface area contributed by atoms with Gasteiger partial charge in [-0.05, 0) is 49.2 Å². The van der Waals surface area contributed by atoms with Gasteiger partial charge in [-0.1, -0.05) is 26.0 Å². The molecule has 1 aromatic heterocycles. The Morgan fingerprint density at radius 3 is 2.50 bits per heavy atom. The quantitative estimate of drug-likeness (QED) is 0.701. The van der Waals surface area contributed by atoms with Crippen LogP contribution in [0.25, 0.3) is 22.3 Å².